The van der Waals surface area contributed by atoms with Crippen molar-refractivity contribution in [3.05, 3.63) is 35.9 Å². The lowest BCUT2D eigenvalue weighted by atomic mass is 10.2. The van der Waals surface area contributed by atoms with Crippen LogP contribution in [-0.2, 0) is 6.54 Å². The van der Waals surface area contributed by atoms with Crippen molar-refractivity contribution in [1.29, 1.82) is 0 Å². The van der Waals surface area contributed by atoms with Gasteiger partial charge in [0.15, 0.2) is 17.5 Å². The Hall–Kier alpha value is -2.17. The van der Waals surface area contributed by atoms with Gasteiger partial charge in [0.25, 0.3) is 0 Å². The maximum Gasteiger partial charge on any atom is 0.191 e. The van der Waals surface area contributed by atoms with Crippen LogP contribution in [0.4, 0.5) is 0 Å². The number of nitrogens with one attached hydrogen (secondary N) is 2. The van der Waals surface area contributed by atoms with Crippen LogP contribution < -0.4 is 20.1 Å². The highest BCUT2D eigenvalue weighted by atomic mass is 16.5. The molecular weight excluding hydrogens is 326 g/mol. The molecule has 2 aliphatic rings. The molecule has 26 heavy (non-hydrogen) atoms. The van der Waals surface area contributed by atoms with Crippen LogP contribution in [0.5, 0.6) is 11.5 Å². The quantitative estimate of drug-likeness (QED) is 0.443. The Kier molecular flexibility index (Phi) is 6.81. The maximum atomic E-state index is 6.11. The number of methoxy groups -OCH3 is 1. The minimum Gasteiger partial charge on any atom is -0.493 e. The third-order valence-corrected chi connectivity index (χ3v) is 4.94. The first kappa shape index (κ1) is 18.6. The monoisotopic (exact) mass is 357 g/mol. The molecule has 2 N–H and O–H groups in total. The van der Waals surface area contributed by atoms with Gasteiger partial charge in [-0.15, -0.1) is 0 Å². The Morgan fingerprint density at radius 1 is 1.15 bits per heavy atom. The maximum absolute atomic E-state index is 6.11. The van der Waals surface area contributed by atoms with E-state index in [1.807, 2.05) is 12.1 Å². The van der Waals surface area contributed by atoms with E-state index in [9.17, 15) is 0 Å². The van der Waals surface area contributed by atoms with Gasteiger partial charge in [0.2, 0.25) is 0 Å². The Morgan fingerprint density at radius 2 is 1.92 bits per heavy atom. The van der Waals surface area contributed by atoms with E-state index in [1.54, 1.807) is 7.11 Å². The molecule has 1 saturated carbocycles. The standard InChI is InChI=1S/C21H31N3O2/c1-3-22-21(24-17-8-4-5-9-17)23-15-16-12-13-19(20(14-16)25-2)26-18-10-6-7-11-18/h4-5,12-14,17-18H,3,6-11,15H2,1-2H3,(H2,22,23,24). The van der Waals surface area contributed by atoms with Gasteiger partial charge in [-0.2, -0.15) is 0 Å². The van der Waals surface area contributed by atoms with Gasteiger partial charge >= 0.3 is 0 Å². The zero-order chi connectivity index (χ0) is 18.2. The Bertz CT molecular complexity index is 628. The van der Waals surface area contributed by atoms with E-state index in [1.165, 1.54) is 12.8 Å². The first-order valence-electron chi connectivity index (χ1n) is 9.82. The summed E-state index contributed by atoms with van der Waals surface area (Å²) in [6, 6.07) is 6.58. The molecule has 0 radical (unpaired) electrons. The number of nitrogens with zero attached hydrogens (tertiary/aromatic N) is 1. The van der Waals surface area contributed by atoms with E-state index in [0.29, 0.717) is 18.7 Å². The number of hydrogen-bond acceptors (Lipinski definition) is 3. The van der Waals surface area contributed by atoms with Crippen molar-refractivity contribution in [3.8, 4) is 11.5 Å². The fraction of sp³-hybridized carbons (Fsp3) is 0.571. The molecule has 0 spiro atoms. The number of ether oxygens (including phenoxy) is 2. The van der Waals surface area contributed by atoms with Crippen molar-refractivity contribution in [3.63, 3.8) is 0 Å². The first-order chi connectivity index (χ1) is 12.8. The molecule has 3 rings (SSSR count). The Balaban J connectivity index is 1.63. The van der Waals surface area contributed by atoms with Crippen LogP contribution in [0, 0.1) is 0 Å². The van der Waals surface area contributed by atoms with Gasteiger partial charge in [-0.25, -0.2) is 4.99 Å². The third-order valence-electron chi connectivity index (χ3n) is 4.94. The lowest BCUT2D eigenvalue weighted by Crippen LogP contribution is -2.42. The molecule has 0 atom stereocenters. The highest BCUT2D eigenvalue weighted by molar-refractivity contribution is 5.80. The van der Waals surface area contributed by atoms with Gasteiger partial charge in [0.1, 0.15) is 0 Å². The van der Waals surface area contributed by atoms with E-state index in [4.69, 9.17) is 14.5 Å². The molecule has 0 bridgehead atoms. The van der Waals surface area contributed by atoms with E-state index >= 15 is 0 Å². The van der Waals surface area contributed by atoms with Crippen molar-refractivity contribution >= 4 is 5.96 Å². The largest absolute Gasteiger partial charge is 0.493 e. The average molecular weight is 357 g/mol. The minimum atomic E-state index is 0.331. The van der Waals surface area contributed by atoms with Crippen molar-refractivity contribution in [2.24, 2.45) is 4.99 Å². The van der Waals surface area contributed by atoms with Gasteiger partial charge in [-0.05, 0) is 63.1 Å². The minimum absolute atomic E-state index is 0.331. The summed E-state index contributed by atoms with van der Waals surface area (Å²) in [5.41, 5.74) is 1.11. The van der Waals surface area contributed by atoms with Crippen LogP contribution in [0.1, 0.15) is 51.0 Å². The summed E-state index contributed by atoms with van der Waals surface area (Å²) >= 11 is 0. The number of rotatable bonds is 7. The Labute approximate surface area is 156 Å². The summed E-state index contributed by atoms with van der Waals surface area (Å²) in [5, 5.41) is 6.82. The first-order valence-corrected chi connectivity index (χ1v) is 9.82. The van der Waals surface area contributed by atoms with Crippen LogP contribution in [0.25, 0.3) is 0 Å². The van der Waals surface area contributed by atoms with Crippen LogP contribution in [0.2, 0.25) is 0 Å². The van der Waals surface area contributed by atoms with E-state index in [0.717, 1.165) is 55.3 Å². The molecule has 1 aromatic rings. The van der Waals surface area contributed by atoms with Crippen molar-refractivity contribution in [1.82, 2.24) is 10.6 Å². The lowest BCUT2D eigenvalue weighted by molar-refractivity contribution is 0.200. The average Bonchev–Trinajstić information content (AvgIpc) is 3.35. The van der Waals surface area contributed by atoms with Gasteiger partial charge < -0.3 is 20.1 Å². The lowest BCUT2D eigenvalue weighted by Gasteiger charge is -2.17. The van der Waals surface area contributed by atoms with Gasteiger partial charge in [0.05, 0.1) is 19.8 Å². The molecule has 142 valence electrons. The molecule has 1 fully saturated rings. The molecule has 5 nitrogen and oxygen atoms in total. The number of benzene rings is 1. The summed E-state index contributed by atoms with van der Waals surface area (Å²) in [5.74, 6) is 2.50. The molecule has 1 aromatic carbocycles. The van der Waals surface area contributed by atoms with Crippen molar-refractivity contribution in [2.45, 2.75) is 64.1 Å². The number of hydrogen-bond donors (Lipinski definition) is 2. The highest BCUT2D eigenvalue weighted by Gasteiger charge is 2.18. The van der Waals surface area contributed by atoms with Crippen molar-refractivity contribution < 1.29 is 9.47 Å². The van der Waals surface area contributed by atoms with Gasteiger partial charge in [-0.3, -0.25) is 0 Å². The number of guanidine groups is 1. The molecule has 0 amide bonds. The summed E-state index contributed by atoms with van der Waals surface area (Å²) in [6.07, 6.45) is 11.7. The highest BCUT2D eigenvalue weighted by Crippen LogP contribution is 2.32. The molecule has 0 aliphatic heterocycles. The zero-order valence-corrected chi connectivity index (χ0v) is 16.0. The summed E-state index contributed by atoms with van der Waals surface area (Å²) in [4.78, 5) is 4.73. The summed E-state index contributed by atoms with van der Waals surface area (Å²) in [6.45, 7) is 3.54. The summed E-state index contributed by atoms with van der Waals surface area (Å²) < 4.78 is 11.7. The second kappa shape index (κ2) is 9.51. The molecular formula is C21H31N3O2. The SMILES string of the molecule is CCNC(=NCc1ccc(OC2CCCC2)c(OC)c1)NC1CC=CC1. The summed E-state index contributed by atoms with van der Waals surface area (Å²) in [7, 11) is 1.70. The van der Waals surface area contributed by atoms with Crippen LogP contribution in [0.15, 0.2) is 35.3 Å². The molecule has 2 aliphatic carbocycles. The van der Waals surface area contributed by atoms with Crippen LogP contribution in [0.3, 0.4) is 0 Å². The normalized spacial score (nSPS) is 18.3. The fourth-order valence-corrected chi connectivity index (χ4v) is 3.51. The molecule has 0 unspecified atom stereocenters. The van der Waals surface area contributed by atoms with E-state index < -0.39 is 0 Å². The van der Waals surface area contributed by atoms with Crippen molar-refractivity contribution in [2.75, 3.05) is 13.7 Å². The molecule has 0 aromatic heterocycles. The predicted octanol–water partition coefficient (Wildman–Crippen LogP) is 3.79. The predicted molar refractivity (Wildman–Crippen MR) is 106 cm³/mol. The smallest absolute Gasteiger partial charge is 0.191 e. The van der Waals surface area contributed by atoms with Gasteiger partial charge in [0, 0.05) is 12.6 Å². The number of aliphatic imine (C=N–C) groups is 1. The third kappa shape index (κ3) is 5.16. The molecule has 0 saturated heterocycles. The fourth-order valence-electron chi connectivity index (χ4n) is 3.51. The molecule has 5 heteroatoms. The van der Waals surface area contributed by atoms with E-state index in [2.05, 4.69) is 35.8 Å². The van der Waals surface area contributed by atoms with Crippen LogP contribution >= 0.6 is 0 Å². The second-order valence-corrected chi connectivity index (χ2v) is 6.99. The van der Waals surface area contributed by atoms with E-state index in [-0.39, 0.29) is 0 Å². The Morgan fingerprint density at radius 3 is 2.62 bits per heavy atom. The molecule has 0 heterocycles. The second-order valence-electron chi connectivity index (χ2n) is 6.99. The van der Waals surface area contributed by atoms with Gasteiger partial charge in [-0.1, -0.05) is 18.2 Å². The zero-order valence-electron chi connectivity index (χ0n) is 16.0. The topological polar surface area (TPSA) is 54.9 Å². The van der Waals surface area contributed by atoms with Crippen LogP contribution in [-0.4, -0.2) is 31.8 Å².